The predicted octanol–water partition coefficient (Wildman–Crippen LogP) is 33.5. The predicted molar refractivity (Wildman–Crippen MR) is 593 cm³/mol. The Morgan fingerprint density at radius 2 is 0.469 bits per heavy atom. The number of para-hydroxylation sites is 16. The van der Waals surface area contributed by atoms with Gasteiger partial charge in [-0.2, -0.15) is 10.5 Å². The van der Waals surface area contributed by atoms with Crippen LogP contribution in [0, 0.1) is 35.8 Å². The van der Waals surface area contributed by atoms with E-state index in [0.717, 1.165) is 182 Å². The Morgan fingerprint density at radius 3 is 0.724 bits per heavy atom. The molecule has 14 nitrogen and oxygen atoms in total. The first-order chi connectivity index (χ1) is 71.2. The summed E-state index contributed by atoms with van der Waals surface area (Å²) in [7, 11) is -3.75. The number of nitrogens with zero attached hydrogens (tertiary/aromatic N) is 12. The molecule has 0 aliphatic carbocycles. The summed E-state index contributed by atoms with van der Waals surface area (Å²) in [5, 5.41) is 35.2. The lowest BCUT2D eigenvalue weighted by Gasteiger charge is -2.42. The van der Waals surface area contributed by atoms with Crippen molar-refractivity contribution in [3.63, 3.8) is 0 Å². The minimum Gasteiger partial charge on any atom is -0.318 e. The number of anilines is 6. The summed E-state index contributed by atoms with van der Waals surface area (Å²) in [5.41, 5.74) is 28.6. The first kappa shape index (κ1) is 86.1. The minimum absolute atomic E-state index is 0.159. The molecule has 2 aliphatic rings. The van der Waals surface area contributed by atoms with Crippen LogP contribution in [0.2, 0.25) is 0 Å². The van der Waals surface area contributed by atoms with E-state index in [-0.39, 0.29) is 20.6 Å². The second-order valence-corrected chi connectivity index (χ2v) is 40.1. The number of nitriles is 2. The van der Waals surface area contributed by atoms with Crippen LogP contribution in [0.1, 0.15) is 61.1 Å². The van der Waals surface area contributed by atoms with E-state index in [1.54, 1.807) is 24.3 Å². The van der Waals surface area contributed by atoms with Gasteiger partial charge >= 0.3 is 0 Å². The van der Waals surface area contributed by atoms with Crippen molar-refractivity contribution >= 4 is 186 Å². The molecule has 2 aliphatic heterocycles. The largest absolute Gasteiger partial charge is 0.318 e. The van der Waals surface area contributed by atoms with Gasteiger partial charge in [0.15, 0.2) is 0 Å². The van der Waals surface area contributed by atoms with Crippen LogP contribution < -0.4 is 9.80 Å². The van der Waals surface area contributed by atoms with Gasteiger partial charge < -0.3 is 37.2 Å². The highest BCUT2D eigenvalue weighted by atomic mass is 32.2. The number of fused-ring (bicyclic) bond motifs is 22. The van der Waals surface area contributed by atoms with E-state index in [1.165, 1.54) is 22.3 Å². The summed E-state index contributed by atoms with van der Waals surface area (Å²) < 4.78 is 41.4. The van der Waals surface area contributed by atoms with E-state index in [0.29, 0.717) is 39.6 Å². The Labute approximate surface area is 836 Å². The number of benzene rings is 20. The zero-order valence-electron chi connectivity index (χ0n) is 79.3. The third kappa shape index (κ3) is 13.0. The lowest BCUT2D eigenvalue weighted by Crippen LogP contribution is -2.30. The number of rotatable bonds is 10. The molecule has 0 N–H and O–H groups in total. The Morgan fingerprint density at radius 1 is 0.241 bits per heavy atom. The van der Waals surface area contributed by atoms with Gasteiger partial charge in [0.1, 0.15) is 6.07 Å². The molecule has 0 amide bonds. The maximum Gasteiger partial charge on any atom is 0.237 e. The summed E-state index contributed by atoms with van der Waals surface area (Å²) >= 11 is 0. The van der Waals surface area contributed by atoms with Crippen LogP contribution >= 0.6 is 0 Å². The average molecular weight is 1880 g/mol. The number of hydrogen-bond acceptors (Lipinski definition) is 6. The van der Waals surface area contributed by atoms with Crippen LogP contribution in [0.4, 0.5) is 45.5 Å². The smallest absolute Gasteiger partial charge is 0.237 e. The summed E-state index contributed by atoms with van der Waals surface area (Å²) in [4.78, 5) is 13.4. The van der Waals surface area contributed by atoms with Gasteiger partial charge in [-0.3, -0.25) is 0 Å². The van der Waals surface area contributed by atoms with E-state index in [1.807, 2.05) is 72.8 Å². The summed E-state index contributed by atoms with van der Waals surface area (Å²) in [5.74, 6) is 0. The van der Waals surface area contributed by atoms with Crippen LogP contribution in [0.3, 0.4) is 0 Å². The fourth-order valence-electron chi connectivity index (χ4n) is 23.5. The fraction of sp³-hybridized carbons (Fsp3) is 0.0462. The van der Waals surface area contributed by atoms with Gasteiger partial charge in [0.05, 0.1) is 163 Å². The van der Waals surface area contributed by atoms with Crippen molar-refractivity contribution in [2.24, 2.45) is 0 Å². The van der Waals surface area contributed by atoms with Gasteiger partial charge in [0.2, 0.25) is 21.2 Å². The van der Waals surface area contributed by atoms with E-state index < -0.39 is 9.84 Å². The second kappa shape index (κ2) is 33.5. The van der Waals surface area contributed by atoms with Crippen molar-refractivity contribution in [3.8, 4) is 46.3 Å². The Balaban J connectivity index is 0.000000115. The summed E-state index contributed by atoms with van der Waals surface area (Å²) in [6, 6.07) is 158. The molecule has 0 bridgehead atoms. The molecule has 0 spiro atoms. The zero-order valence-corrected chi connectivity index (χ0v) is 80.1. The fourth-order valence-corrected chi connectivity index (χ4v) is 24.7. The zero-order chi connectivity index (χ0) is 97.8. The SMILES string of the molecule is CC1(C)c2ccccc2N(c2ccc(S(=O)(=O)c3ccc(N4c5ccccc5C(C)(C)c5ccccc54)cc3)cc2)c2ccccc21.[C-]#[N+]c1c(-n2c3ccccc3c3ccccc32)c(C#N)c(-n2c3ccccc3c3ccccc32)c(-n2c3ccccc3c3ccccc32)c1-n1c2ccccc2c2ccccc21.[C-]#[N+]c1cc(-n2c3ccccc3c3ccccc32)c(-n2c3ccccc3c3ccccc32)cc1C#N. The van der Waals surface area contributed by atoms with Crippen LogP contribution in [-0.4, -0.2) is 35.8 Å². The molecule has 0 saturated heterocycles. The Bertz CT molecular complexity index is 9400. The lowest BCUT2D eigenvalue weighted by molar-refractivity contribution is 0.596. The minimum atomic E-state index is -3.75. The molecular formula is C130H86N12O2S. The van der Waals surface area contributed by atoms with Crippen LogP contribution in [-0.2, 0) is 20.7 Å². The molecule has 0 radical (unpaired) electrons. The number of aromatic nitrogens is 6. The first-order valence-corrected chi connectivity index (χ1v) is 50.0. The van der Waals surface area contributed by atoms with Crippen molar-refractivity contribution in [3.05, 3.63) is 505 Å². The molecule has 6 aromatic heterocycles. The van der Waals surface area contributed by atoms with E-state index in [2.05, 4.69) is 439 Å². The molecule has 20 aromatic carbocycles. The van der Waals surface area contributed by atoms with Gasteiger partial charge in [0.25, 0.3) is 0 Å². The average Bonchev–Trinajstić information content (AvgIpc) is 1.53. The molecule has 0 fully saturated rings. The van der Waals surface area contributed by atoms with Crippen molar-refractivity contribution < 1.29 is 8.42 Å². The van der Waals surface area contributed by atoms with Crippen molar-refractivity contribution in [1.29, 1.82) is 10.5 Å². The van der Waals surface area contributed by atoms with Crippen LogP contribution in [0.15, 0.2) is 459 Å². The third-order valence-corrected chi connectivity index (χ3v) is 31.7. The van der Waals surface area contributed by atoms with E-state index in [4.69, 9.17) is 6.57 Å². The molecule has 26 aromatic rings. The van der Waals surface area contributed by atoms with Gasteiger partial charge in [-0.05, 0) is 180 Å². The summed E-state index contributed by atoms with van der Waals surface area (Å²) in [6.45, 7) is 26.3. The molecule has 145 heavy (non-hydrogen) atoms. The Kier molecular flexibility index (Phi) is 19.9. The van der Waals surface area contributed by atoms with Gasteiger partial charge in [-0.15, -0.1) is 0 Å². The monoisotopic (exact) mass is 1880 g/mol. The standard InChI is InChI=1S/C56H32N6.C42H36N2O2S.C32H18N4/c1-58-52-53(59-44-26-10-2-18-35(44)36-19-3-11-27-45(36)59)43(34-57)54(60-46-28-12-4-20-37(46)38-21-5-13-29-47(38)60)56(62-50-32-16-8-24-41(50)42-25-9-17-33-51(42)62)55(52)61-48-30-14-6-22-39(48)40-23-7-15-31-49(40)61;1-41(2)33-13-5-9-17-37(33)43(38-18-10-6-14-34(38)41)29-21-25-31(26-22-29)47(45,46)32-27-23-30(24-28-32)44-39-19-11-7-15-35(39)42(3,4)36-16-8-12-20-40(36)44;1-34-26-19-32(36-29-16-8-4-12-24(29)25-13-5-9-17-30(25)36)31(18-21(26)20-33)35-27-14-6-2-10-22(27)23-11-3-7-15-28(23)35/h2-33H;5-28H,1-4H3;2-19H. The van der Waals surface area contributed by atoms with Crippen LogP contribution in [0.5, 0.6) is 0 Å². The number of sulfone groups is 1. The van der Waals surface area contributed by atoms with Crippen molar-refractivity contribution in [2.75, 3.05) is 9.80 Å². The number of hydrogen-bond donors (Lipinski definition) is 0. The van der Waals surface area contributed by atoms with Crippen molar-refractivity contribution in [2.45, 2.75) is 48.3 Å². The molecular weight excluding hydrogens is 1790 g/mol. The Hall–Kier alpha value is -19.3. The molecule has 0 unspecified atom stereocenters. The lowest BCUT2D eigenvalue weighted by atomic mass is 9.73. The highest BCUT2D eigenvalue weighted by Gasteiger charge is 2.41. The topological polar surface area (TPSA) is 126 Å². The van der Waals surface area contributed by atoms with Crippen molar-refractivity contribution in [1.82, 2.24) is 27.4 Å². The second-order valence-electron chi connectivity index (χ2n) is 38.1. The third-order valence-electron chi connectivity index (χ3n) is 29.9. The molecule has 15 heteroatoms. The molecule has 0 atom stereocenters. The van der Waals surface area contributed by atoms with Gasteiger partial charge in [-0.1, -0.05) is 319 Å². The highest BCUT2D eigenvalue weighted by molar-refractivity contribution is 7.91. The van der Waals surface area contributed by atoms with E-state index in [9.17, 15) is 25.5 Å². The summed E-state index contributed by atoms with van der Waals surface area (Å²) in [6.07, 6.45) is 0. The highest BCUT2D eigenvalue weighted by Crippen LogP contribution is 2.57. The van der Waals surface area contributed by atoms with Gasteiger partial charge in [0, 0.05) is 86.8 Å². The first-order valence-electron chi connectivity index (χ1n) is 48.5. The van der Waals surface area contributed by atoms with Gasteiger partial charge in [-0.25, -0.2) is 18.1 Å². The molecule has 28 rings (SSSR count). The van der Waals surface area contributed by atoms with Crippen LogP contribution in [0.25, 0.3) is 175 Å². The molecule has 0 saturated carbocycles. The maximum atomic E-state index is 13.9. The quantitative estimate of drug-likeness (QED) is 0.126. The molecule has 8 heterocycles. The normalized spacial score (nSPS) is 12.9. The van der Waals surface area contributed by atoms with E-state index >= 15 is 0 Å². The maximum absolute atomic E-state index is 13.9. The molecule has 684 valence electrons.